The van der Waals surface area contributed by atoms with Crippen LogP contribution >= 0.6 is 0 Å². The molecular formula is C21H24N4O4. The Morgan fingerprint density at radius 1 is 1.10 bits per heavy atom. The van der Waals surface area contributed by atoms with E-state index >= 15 is 0 Å². The zero-order valence-electron chi connectivity index (χ0n) is 16.4. The molecule has 3 heterocycles. The number of imidazole rings is 1. The predicted molar refractivity (Wildman–Crippen MR) is 106 cm³/mol. The summed E-state index contributed by atoms with van der Waals surface area (Å²) in [4.78, 5) is 43.8. The summed E-state index contributed by atoms with van der Waals surface area (Å²) in [6.07, 6.45) is 2.64. The van der Waals surface area contributed by atoms with Gasteiger partial charge in [0, 0.05) is 30.9 Å². The lowest BCUT2D eigenvalue weighted by atomic mass is 10.1. The first-order valence-electron chi connectivity index (χ1n) is 9.93. The van der Waals surface area contributed by atoms with Crippen molar-refractivity contribution in [2.24, 2.45) is 0 Å². The Kier molecular flexibility index (Phi) is 5.44. The summed E-state index contributed by atoms with van der Waals surface area (Å²) >= 11 is 0. The lowest BCUT2D eigenvalue weighted by Gasteiger charge is -2.26. The molecule has 8 nitrogen and oxygen atoms in total. The zero-order chi connectivity index (χ0) is 20.4. The molecule has 2 aromatic rings. The molecule has 1 fully saturated rings. The number of carbonyl (C=O) groups is 3. The number of anilines is 1. The van der Waals surface area contributed by atoms with E-state index in [4.69, 9.17) is 4.74 Å². The van der Waals surface area contributed by atoms with Gasteiger partial charge < -0.3 is 19.5 Å². The van der Waals surface area contributed by atoms with Crippen molar-refractivity contribution in [2.75, 3.05) is 31.6 Å². The van der Waals surface area contributed by atoms with E-state index in [-0.39, 0.29) is 23.4 Å². The summed E-state index contributed by atoms with van der Waals surface area (Å²) < 4.78 is 7.19. The van der Waals surface area contributed by atoms with E-state index in [1.807, 2.05) is 4.57 Å². The van der Waals surface area contributed by atoms with Gasteiger partial charge in [-0.05, 0) is 38.3 Å². The number of hydrogen-bond donors (Lipinski definition) is 1. The summed E-state index contributed by atoms with van der Waals surface area (Å²) in [5.41, 5.74) is 2.25. The van der Waals surface area contributed by atoms with E-state index < -0.39 is 0 Å². The molecule has 8 heteroatoms. The molecule has 0 atom stereocenters. The Morgan fingerprint density at radius 2 is 1.90 bits per heavy atom. The monoisotopic (exact) mass is 396 g/mol. The minimum atomic E-state index is -0.380. The maximum Gasteiger partial charge on any atom is 0.291 e. The highest BCUT2D eigenvalue weighted by molar-refractivity contribution is 6.04. The van der Waals surface area contributed by atoms with Crippen LogP contribution in [0.4, 0.5) is 5.69 Å². The number of hydrogen-bond acceptors (Lipinski definition) is 5. The largest absolute Gasteiger partial charge is 0.378 e. The van der Waals surface area contributed by atoms with Crippen LogP contribution in [0.3, 0.4) is 0 Å². The topological polar surface area (TPSA) is 93.5 Å². The third-order valence-corrected chi connectivity index (χ3v) is 5.35. The molecule has 0 spiro atoms. The van der Waals surface area contributed by atoms with E-state index in [2.05, 4.69) is 10.3 Å². The number of nitrogens with zero attached hydrogens (tertiary/aromatic N) is 3. The molecule has 0 bridgehead atoms. The van der Waals surface area contributed by atoms with Gasteiger partial charge in [-0.15, -0.1) is 0 Å². The van der Waals surface area contributed by atoms with Gasteiger partial charge in [0.1, 0.15) is 5.69 Å². The molecule has 2 aliphatic rings. The van der Waals surface area contributed by atoms with E-state index in [1.165, 1.54) is 6.92 Å². The number of morpholine rings is 1. The van der Waals surface area contributed by atoms with Gasteiger partial charge >= 0.3 is 0 Å². The number of carbonyl (C=O) groups excluding carboxylic acids is 3. The number of nitrogens with one attached hydrogen (secondary N) is 1. The number of benzene rings is 1. The van der Waals surface area contributed by atoms with Gasteiger partial charge in [-0.2, -0.15) is 0 Å². The normalized spacial score (nSPS) is 16.2. The maximum atomic E-state index is 13.0. The fourth-order valence-electron chi connectivity index (χ4n) is 3.81. The standard InChI is InChI=1S/C21H24N4O4/c1-14(26)15-5-4-6-16(13-15)22-20(27)19-23-18(17-7-2-3-8-25(17)19)21(28)24-9-11-29-12-10-24/h4-6,13H,2-3,7-12H2,1H3,(H,22,27). The smallest absolute Gasteiger partial charge is 0.291 e. The van der Waals surface area contributed by atoms with Crippen LogP contribution in [0.1, 0.15) is 56.9 Å². The third-order valence-electron chi connectivity index (χ3n) is 5.35. The molecule has 1 aromatic carbocycles. The molecule has 0 unspecified atom stereocenters. The molecule has 152 valence electrons. The summed E-state index contributed by atoms with van der Waals surface area (Å²) in [7, 11) is 0. The molecule has 0 radical (unpaired) electrons. The molecule has 1 aromatic heterocycles. The van der Waals surface area contributed by atoms with Crippen LogP contribution in [0.2, 0.25) is 0 Å². The van der Waals surface area contributed by atoms with Gasteiger partial charge in [-0.3, -0.25) is 14.4 Å². The van der Waals surface area contributed by atoms with Crippen molar-refractivity contribution in [2.45, 2.75) is 32.7 Å². The van der Waals surface area contributed by atoms with Crippen molar-refractivity contribution in [3.8, 4) is 0 Å². The molecule has 2 amide bonds. The van der Waals surface area contributed by atoms with Crippen molar-refractivity contribution in [1.82, 2.24) is 14.5 Å². The number of fused-ring (bicyclic) bond motifs is 1. The quantitative estimate of drug-likeness (QED) is 0.800. The summed E-state index contributed by atoms with van der Waals surface area (Å²) in [5.74, 6) is -0.353. The minimum absolute atomic E-state index is 0.0716. The van der Waals surface area contributed by atoms with Crippen LogP contribution in [0, 0.1) is 0 Å². The molecule has 29 heavy (non-hydrogen) atoms. The zero-order valence-corrected chi connectivity index (χ0v) is 16.4. The summed E-state index contributed by atoms with van der Waals surface area (Å²) in [6.45, 7) is 4.24. The molecule has 0 saturated carbocycles. The Hall–Kier alpha value is -3.00. The number of rotatable bonds is 4. The highest BCUT2D eigenvalue weighted by Crippen LogP contribution is 2.23. The van der Waals surface area contributed by atoms with Gasteiger partial charge in [0.15, 0.2) is 11.6 Å². The van der Waals surface area contributed by atoms with Gasteiger partial charge in [0.25, 0.3) is 11.8 Å². The van der Waals surface area contributed by atoms with Crippen molar-refractivity contribution in [3.63, 3.8) is 0 Å². The second kappa shape index (κ2) is 8.16. The fourth-order valence-corrected chi connectivity index (χ4v) is 3.81. The average Bonchev–Trinajstić information content (AvgIpc) is 3.14. The van der Waals surface area contributed by atoms with Crippen LogP contribution in [0.15, 0.2) is 24.3 Å². The van der Waals surface area contributed by atoms with Gasteiger partial charge in [-0.1, -0.05) is 12.1 Å². The van der Waals surface area contributed by atoms with Crippen LogP contribution in [0.5, 0.6) is 0 Å². The second-order valence-corrected chi connectivity index (χ2v) is 7.34. The van der Waals surface area contributed by atoms with Crippen LogP contribution in [0.25, 0.3) is 0 Å². The maximum absolute atomic E-state index is 13.0. The molecular weight excluding hydrogens is 372 g/mol. The SMILES string of the molecule is CC(=O)c1cccc(NC(=O)c2nc(C(=O)N3CCOCC3)c3n2CCCC3)c1. The first-order chi connectivity index (χ1) is 14.0. The fraction of sp³-hybridized carbons (Fsp3) is 0.429. The van der Waals surface area contributed by atoms with Crippen LogP contribution in [-0.2, 0) is 17.7 Å². The number of ether oxygens (including phenoxy) is 1. The highest BCUT2D eigenvalue weighted by atomic mass is 16.5. The van der Waals surface area contributed by atoms with Crippen molar-refractivity contribution in [3.05, 3.63) is 47.0 Å². The van der Waals surface area contributed by atoms with Crippen LogP contribution < -0.4 is 5.32 Å². The van der Waals surface area contributed by atoms with Crippen LogP contribution in [-0.4, -0.2) is 58.4 Å². The van der Waals surface area contributed by atoms with E-state index in [0.717, 1.165) is 25.0 Å². The summed E-state index contributed by atoms with van der Waals surface area (Å²) in [5, 5.41) is 2.82. The third kappa shape index (κ3) is 3.93. The number of aromatic nitrogens is 2. The number of amides is 2. The number of Topliss-reactive ketones (excluding diaryl/α,β-unsaturated/α-hetero) is 1. The molecule has 4 rings (SSSR count). The Bertz CT molecular complexity index is 960. The molecule has 0 aliphatic carbocycles. The Morgan fingerprint density at radius 3 is 2.66 bits per heavy atom. The van der Waals surface area contributed by atoms with Crippen molar-refractivity contribution in [1.29, 1.82) is 0 Å². The van der Waals surface area contributed by atoms with Gasteiger partial charge in [0.2, 0.25) is 0 Å². The molecule has 1 saturated heterocycles. The van der Waals surface area contributed by atoms with E-state index in [9.17, 15) is 14.4 Å². The number of ketones is 1. The first-order valence-corrected chi connectivity index (χ1v) is 9.93. The van der Waals surface area contributed by atoms with Crippen molar-refractivity contribution < 1.29 is 19.1 Å². The Labute approximate surface area is 168 Å². The first kappa shape index (κ1) is 19.3. The predicted octanol–water partition coefficient (Wildman–Crippen LogP) is 2.15. The molecule has 1 N–H and O–H groups in total. The molecule has 2 aliphatic heterocycles. The van der Waals surface area contributed by atoms with E-state index in [1.54, 1.807) is 29.2 Å². The lowest BCUT2D eigenvalue weighted by Crippen LogP contribution is -2.41. The van der Waals surface area contributed by atoms with E-state index in [0.29, 0.717) is 49.8 Å². The average molecular weight is 396 g/mol. The summed E-state index contributed by atoms with van der Waals surface area (Å²) in [6, 6.07) is 6.79. The lowest BCUT2D eigenvalue weighted by molar-refractivity contribution is 0.0298. The van der Waals surface area contributed by atoms with Crippen molar-refractivity contribution >= 4 is 23.3 Å². The minimum Gasteiger partial charge on any atom is -0.378 e. The Balaban J connectivity index is 1.62. The van der Waals surface area contributed by atoms with Gasteiger partial charge in [0.05, 0.1) is 18.9 Å². The van der Waals surface area contributed by atoms with Gasteiger partial charge in [-0.25, -0.2) is 4.98 Å². The highest BCUT2D eigenvalue weighted by Gasteiger charge is 2.30. The second-order valence-electron chi connectivity index (χ2n) is 7.34.